The summed E-state index contributed by atoms with van der Waals surface area (Å²) in [6.07, 6.45) is 2.51. The van der Waals surface area contributed by atoms with Crippen LogP contribution in [0.5, 0.6) is 0 Å². The Bertz CT molecular complexity index is 1000. The lowest BCUT2D eigenvalue weighted by Crippen LogP contribution is -2.34. The molecule has 0 unspecified atom stereocenters. The molecule has 0 saturated heterocycles. The van der Waals surface area contributed by atoms with E-state index in [9.17, 15) is 4.79 Å². The maximum atomic E-state index is 13.1. The largest absolute Gasteiger partial charge is 0.372 e. The summed E-state index contributed by atoms with van der Waals surface area (Å²) < 4.78 is 7.51. The van der Waals surface area contributed by atoms with Gasteiger partial charge in [0.2, 0.25) is 0 Å². The van der Waals surface area contributed by atoms with E-state index in [-0.39, 0.29) is 5.91 Å². The molecule has 6 nitrogen and oxygen atoms in total. The van der Waals surface area contributed by atoms with Crippen molar-refractivity contribution in [3.63, 3.8) is 0 Å². The second kappa shape index (κ2) is 7.79. The molecule has 0 spiro atoms. The van der Waals surface area contributed by atoms with E-state index >= 15 is 0 Å². The van der Waals surface area contributed by atoms with Gasteiger partial charge in [-0.05, 0) is 29.2 Å². The van der Waals surface area contributed by atoms with E-state index in [1.165, 1.54) is 5.56 Å². The van der Waals surface area contributed by atoms with Gasteiger partial charge in [-0.2, -0.15) is 5.10 Å². The molecular formula is C23H24N4O2. The fourth-order valence-corrected chi connectivity index (χ4v) is 4.14. The molecule has 0 fully saturated rings. The molecular weight excluding hydrogens is 364 g/mol. The van der Waals surface area contributed by atoms with Crippen LogP contribution in [-0.4, -0.2) is 38.7 Å². The van der Waals surface area contributed by atoms with Crippen LogP contribution in [-0.2, 0) is 43.8 Å². The Morgan fingerprint density at radius 3 is 2.76 bits per heavy atom. The normalized spacial score (nSPS) is 15.7. The highest BCUT2D eigenvalue weighted by molar-refractivity contribution is 5.96. The molecule has 0 N–H and O–H groups in total. The molecule has 0 radical (unpaired) electrons. The number of hydrogen-bond acceptors (Lipinski definition) is 4. The first kappa shape index (κ1) is 18.1. The molecule has 3 heterocycles. The van der Waals surface area contributed by atoms with Crippen LogP contribution in [0.3, 0.4) is 0 Å². The number of ether oxygens (including phenoxy) is 1. The lowest BCUT2D eigenvalue weighted by atomic mass is 10.0. The lowest BCUT2D eigenvalue weighted by molar-refractivity contribution is 0.0753. The van der Waals surface area contributed by atoms with E-state index in [4.69, 9.17) is 14.8 Å². The molecule has 5 rings (SSSR count). The van der Waals surface area contributed by atoms with Crippen molar-refractivity contribution < 1.29 is 9.53 Å². The minimum absolute atomic E-state index is 0.0856. The molecule has 1 aromatic heterocycles. The summed E-state index contributed by atoms with van der Waals surface area (Å²) in [4.78, 5) is 19.8. The van der Waals surface area contributed by atoms with Gasteiger partial charge < -0.3 is 9.64 Å². The van der Waals surface area contributed by atoms with Crippen molar-refractivity contribution in [3.05, 3.63) is 82.4 Å². The topological polar surface area (TPSA) is 60.2 Å². The van der Waals surface area contributed by atoms with Crippen LogP contribution >= 0.6 is 0 Å². The summed E-state index contributed by atoms with van der Waals surface area (Å²) in [5.74, 6) is 1.95. The van der Waals surface area contributed by atoms with Crippen LogP contribution in [0.15, 0.2) is 48.5 Å². The van der Waals surface area contributed by atoms with Crippen molar-refractivity contribution in [2.75, 3.05) is 13.1 Å². The van der Waals surface area contributed by atoms with Gasteiger partial charge in [-0.15, -0.1) is 0 Å². The Morgan fingerprint density at radius 1 is 0.966 bits per heavy atom. The zero-order valence-electron chi connectivity index (χ0n) is 16.4. The predicted molar refractivity (Wildman–Crippen MR) is 108 cm³/mol. The standard InChI is InChI=1S/C23H24N4O2/c28-23(19-8-4-7-18-15-29-16-20(18)19)26-12-11-22-24-21(25-27(22)14-13-26)10-9-17-5-2-1-3-6-17/h1-8H,9-16H2. The smallest absolute Gasteiger partial charge is 0.254 e. The minimum Gasteiger partial charge on any atom is -0.372 e. The van der Waals surface area contributed by atoms with Crippen molar-refractivity contribution in [1.82, 2.24) is 19.7 Å². The highest BCUT2D eigenvalue weighted by Crippen LogP contribution is 2.25. The van der Waals surface area contributed by atoms with Gasteiger partial charge in [0.05, 0.1) is 19.8 Å². The molecule has 0 aliphatic carbocycles. The van der Waals surface area contributed by atoms with Crippen molar-refractivity contribution in [3.8, 4) is 0 Å². The molecule has 148 valence electrons. The van der Waals surface area contributed by atoms with Crippen LogP contribution in [0.4, 0.5) is 0 Å². The van der Waals surface area contributed by atoms with Crippen LogP contribution < -0.4 is 0 Å². The summed E-state index contributed by atoms with van der Waals surface area (Å²) in [5, 5.41) is 4.70. The summed E-state index contributed by atoms with van der Waals surface area (Å²) >= 11 is 0. The van der Waals surface area contributed by atoms with E-state index < -0.39 is 0 Å². The van der Waals surface area contributed by atoms with Crippen molar-refractivity contribution in [2.24, 2.45) is 0 Å². The molecule has 2 aliphatic rings. The Kier molecular flexibility index (Phi) is 4.86. The fourth-order valence-electron chi connectivity index (χ4n) is 4.14. The first-order valence-corrected chi connectivity index (χ1v) is 10.2. The molecule has 1 amide bonds. The van der Waals surface area contributed by atoms with Gasteiger partial charge in [0.1, 0.15) is 5.82 Å². The van der Waals surface area contributed by atoms with E-state index in [0.29, 0.717) is 32.8 Å². The molecule has 29 heavy (non-hydrogen) atoms. The average molecular weight is 388 g/mol. The monoisotopic (exact) mass is 388 g/mol. The Labute approximate surface area is 170 Å². The second-order valence-corrected chi connectivity index (χ2v) is 7.63. The van der Waals surface area contributed by atoms with E-state index in [1.807, 2.05) is 33.8 Å². The van der Waals surface area contributed by atoms with E-state index in [2.05, 4.69) is 24.3 Å². The molecule has 0 atom stereocenters. The molecule has 0 saturated carbocycles. The molecule has 3 aromatic rings. The SMILES string of the molecule is O=C(c1cccc2c1COC2)N1CCc2nc(CCc3ccccc3)nn2CC1. The quantitative estimate of drug-likeness (QED) is 0.690. The van der Waals surface area contributed by atoms with Gasteiger partial charge in [-0.25, -0.2) is 9.67 Å². The molecule has 0 bridgehead atoms. The first-order valence-electron chi connectivity index (χ1n) is 10.2. The molecule has 2 aromatic carbocycles. The summed E-state index contributed by atoms with van der Waals surface area (Å²) in [6, 6.07) is 16.3. The summed E-state index contributed by atoms with van der Waals surface area (Å²) in [5.41, 5.74) is 4.24. The van der Waals surface area contributed by atoms with Crippen molar-refractivity contribution >= 4 is 5.91 Å². The molecule has 6 heteroatoms. The predicted octanol–water partition coefficient (Wildman–Crippen LogP) is 2.79. The van der Waals surface area contributed by atoms with Crippen LogP contribution in [0.2, 0.25) is 0 Å². The number of fused-ring (bicyclic) bond motifs is 2. The maximum absolute atomic E-state index is 13.1. The number of benzene rings is 2. The van der Waals surface area contributed by atoms with Crippen LogP contribution in [0.25, 0.3) is 0 Å². The number of aryl methyl sites for hydroxylation is 2. The highest BCUT2D eigenvalue weighted by Gasteiger charge is 2.25. The van der Waals surface area contributed by atoms with Crippen LogP contribution in [0.1, 0.15) is 38.7 Å². The lowest BCUT2D eigenvalue weighted by Gasteiger charge is -2.21. The van der Waals surface area contributed by atoms with Gasteiger partial charge in [0, 0.05) is 31.5 Å². The van der Waals surface area contributed by atoms with Gasteiger partial charge in [-0.3, -0.25) is 4.79 Å². The van der Waals surface area contributed by atoms with Crippen LogP contribution in [0, 0.1) is 0 Å². The van der Waals surface area contributed by atoms with Gasteiger partial charge in [0.15, 0.2) is 5.82 Å². The van der Waals surface area contributed by atoms with Gasteiger partial charge in [0.25, 0.3) is 5.91 Å². The number of rotatable bonds is 4. The number of carbonyl (C=O) groups is 1. The van der Waals surface area contributed by atoms with E-state index in [0.717, 1.165) is 47.6 Å². The third-order valence-corrected chi connectivity index (χ3v) is 5.75. The first-order chi connectivity index (χ1) is 14.3. The number of nitrogens with zero attached hydrogens (tertiary/aromatic N) is 4. The Morgan fingerprint density at radius 2 is 1.86 bits per heavy atom. The Balaban J connectivity index is 1.25. The minimum atomic E-state index is 0.0856. The number of hydrogen-bond donors (Lipinski definition) is 0. The zero-order valence-corrected chi connectivity index (χ0v) is 16.4. The van der Waals surface area contributed by atoms with Crippen molar-refractivity contribution in [2.45, 2.75) is 39.0 Å². The molecule has 2 aliphatic heterocycles. The Hall–Kier alpha value is -2.99. The van der Waals surface area contributed by atoms with Gasteiger partial charge >= 0.3 is 0 Å². The average Bonchev–Trinajstić information content (AvgIpc) is 3.35. The van der Waals surface area contributed by atoms with Gasteiger partial charge in [-0.1, -0.05) is 42.5 Å². The number of amides is 1. The zero-order chi connectivity index (χ0) is 19.6. The summed E-state index contributed by atoms with van der Waals surface area (Å²) in [6.45, 7) is 3.13. The highest BCUT2D eigenvalue weighted by atomic mass is 16.5. The van der Waals surface area contributed by atoms with E-state index in [1.54, 1.807) is 0 Å². The number of aromatic nitrogens is 3. The second-order valence-electron chi connectivity index (χ2n) is 7.63. The van der Waals surface area contributed by atoms with Crippen molar-refractivity contribution in [1.29, 1.82) is 0 Å². The fraction of sp³-hybridized carbons (Fsp3) is 0.348. The third kappa shape index (κ3) is 3.68. The maximum Gasteiger partial charge on any atom is 0.254 e. The summed E-state index contributed by atoms with van der Waals surface area (Å²) in [7, 11) is 0. The third-order valence-electron chi connectivity index (χ3n) is 5.75. The number of carbonyl (C=O) groups excluding carboxylic acids is 1.